The lowest BCUT2D eigenvalue weighted by Gasteiger charge is -2.28. The largest absolute Gasteiger partial charge is 0.378 e. The van der Waals surface area contributed by atoms with Crippen molar-refractivity contribution in [2.75, 3.05) is 31.2 Å². The molecule has 7 heteroatoms. The van der Waals surface area contributed by atoms with Gasteiger partial charge in [0.25, 0.3) is 0 Å². The second kappa shape index (κ2) is 4.84. The predicted molar refractivity (Wildman–Crippen MR) is 70.4 cm³/mol. The second-order valence-corrected chi connectivity index (χ2v) is 4.64. The number of anilines is 1. The molecule has 5 nitrogen and oxygen atoms in total. The van der Waals surface area contributed by atoms with Crippen molar-refractivity contribution in [1.82, 2.24) is 15.0 Å². The van der Waals surface area contributed by atoms with Crippen LogP contribution in [0.2, 0.25) is 10.4 Å². The van der Waals surface area contributed by atoms with Gasteiger partial charge < -0.3 is 9.64 Å². The average Bonchev–Trinajstić information content (AvgIpc) is 2.39. The fourth-order valence-corrected chi connectivity index (χ4v) is 2.26. The summed E-state index contributed by atoms with van der Waals surface area (Å²) in [5, 5.41) is 0.635. The van der Waals surface area contributed by atoms with E-state index in [1.54, 1.807) is 12.1 Å². The molecule has 0 unspecified atom stereocenters. The zero-order chi connectivity index (χ0) is 12.5. The van der Waals surface area contributed by atoms with Gasteiger partial charge in [0.1, 0.15) is 10.7 Å². The molecule has 1 saturated heterocycles. The third-order valence-electron chi connectivity index (χ3n) is 2.77. The number of nitrogens with zero attached hydrogens (tertiary/aromatic N) is 4. The highest BCUT2D eigenvalue weighted by Crippen LogP contribution is 2.25. The van der Waals surface area contributed by atoms with Gasteiger partial charge in [0.2, 0.25) is 5.28 Å². The van der Waals surface area contributed by atoms with Gasteiger partial charge >= 0.3 is 0 Å². The van der Waals surface area contributed by atoms with E-state index in [9.17, 15) is 0 Å². The molecular formula is C11H10Cl2N4O. The van der Waals surface area contributed by atoms with E-state index in [4.69, 9.17) is 27.9 Å². The van der Waals surface area contributed by atoms with E-state index in [2.05, 4.69) is 19.9 Å². The smallest absolute Gasteiger partial charge is 0.225 e. The molecule has 1 fully saturated rings. The molecule has 1 aliphatic rings. The topological polar surface area (TPSA) is 51.1 Å². The van der Waals surface area contributed by atoms with Crippen LogP contribution in [0, 0.1) is 0 Å². The van der Waals surface area contributed by atoms with Gasteiger partial charge in [0.05, 0.1) is 18.7 Å². The molecule has 0 N–H and O–H groups in total. The lowest BCUT2D eigenvalue weighted by molar-refractivity contribution is 0.122. The molecular weight excluding hydrogens is 275 g/mol. The van der Waals surface area contributed by atoms with Crippen LogP contribution in [0.3, 0.4) is 0 Å². The van der Waals surface area contributed by atoms with Gasteiger partial charge in [-0.3, -0.25) is 0 Å². The van der Waals surface area contributed by atoms with Crippen molar-refractivity contribution < 1.29 is 4.74 Å². The first-order chi connectivity index (χ1) is 8.74. The minimum absolute atomic E-state index is 0.216. The molecule has 2 aromatic rings. The van der Waals surface area contributed by atoms with E-state index >= 15 is 0 Å². The summed E-state index contributed by atoms with van der Waals surface area (Å²) in [5.41, 5.74) is 1.37. The number of halogens is 2. The Kier molecular flexibility index (Phi) is 3.20. The van der Waals surface area contributed by atoms with Gasteiger partial charge in [-0.15, -0.1) is 0 Å². The molecule has 0 spiro atoms. The number of fused-ring (bicyclic) bond motifs is 1. The Hall–Kier alpha value is -1.17. The molecule has 2 aromatic heterocycles. The lowest BCUT2D eigenvalue weighted by Crippen LogP contribution is -2.37. The quantitative estimate of drug-likeness (QED) is 0.593. The summed E-state index contributed by atoms with van der Waals surface area (Å²) >= 11 is 11.9. The molecule has 0 aromatic carbocycles. The maximum absolute atomic E-state index is 5.94. The molecule has 94 valence electrons. The average molecular weight is 285 g/mol. The lowest BCUT2D eigenvalue weighted by atomic mass is 10.3. The van der Waals surface area contributed by atoms with E-state index in [0.29, 0.717) is 29.4 Å². The van der Waals surface area contributed by atoms with E-state index in [1.807, 2.05) is 0 Å². The van der Waals surface area contributed by atoms with Crippen LogP contribution in [0.25, 0.3) is 11.0 Å². The standard InChI is InChI=1S/C11H10Cl2N4O/c12-8-2-1-7-9(15-8)10(16-11(13)14-7)17-3-5-18-6-4-17/h1-2H,3-6H2. The summed E-state index contributed by atoms with van der Waals surface area (Å²) in [6.07, 6.45) is 0. The van der Waals surface area contributed by atoms with Gasteiger partial charge in [0, 0.05) is 13.1 Å². The van der Waals surface area contributed by atoms with Crippen LogP contribution in [0.5, 0.6) is 0 Å². The van der Waals surface area contributed by atoms with Crippen LogP contribution in [0.15, 0.2) is 12.1 Å². The summed E-state index contributed by atoms with van der Waals surface area (Å²) < 4.78 is 5.32. The van der Waals surface area contributed by atoms with Gasteiger partial charge in [-0.05, 0) is 23.7 Å². The fraction of sp³-hybridized carbons (Fsp3) is 0.364. The number of morpholine rings is 1. The summed E-state index contributed by atoms with van der Waals surface area (Å²) in [5.74, 6) is 0.718. The van der Waals surface area contributed by atoms with Crippen molar-refractivity contribution in [2.45, 2.75) is 0 Å². The molecule has 0 amide bonds. The number of hydrogen-bond donors (Lipinski definition) is 0. The maximum Gasteiger partial charge on any atom is 0.225 e. The predicted octanol–water partition coefficient (Wildman–Crippen LogP) is 2.17. The molecule has 0 aliphatic carbocycles. The van der Waals surface area contributed by atoms with Gasteiger partial charge in [-0.1, -0.05) is 11.6 Å². The fourth-order valence-electron chi connectivity index (χ4n) is 1.94. The summed E-state index contributed by atoms with van der Waals surface area (Å²) in [7, 11) is 0. The summed E-state index contributed by atoms with van der Waals surface area (Å²) in [6.45, 7) is 2.86. The molecule has 3 heterocycles. The summed E-state index contributed by atoms with van der Waals surface area (Å²) in [4.78, 5) is 14.8. The minimum atomic E-state index is 0.216. The third kappa shape index (κ3) is 2.21. The molecule has 18 heavy (non-hydrogen) atoms. The molecule has 0 bridgehead atoms. The highest BCUT2D eigenvalue weighted by Gasteiger charge is 2.18. The number of pyridine rings is 1. The van der Waals surface area contributed by atoms with Crippen LogP contribution in [-0.4, -0.2) is 41.3 Å². The van der Waals surface area contributed by atoms with E-state index < -0.39 is 0 Å². The first-order valence-electron chi connectivity index (χ1n) is 5.56. The third-order valence-corrected chi connectivity index (χ3v) is 3.15. The minimum Gasteiger partial charge on any atom is -0.378 e. The van der Waals surface area contributed by atoms with Crippen molar-refractivity contribution in [3.63, 3.8) is 0 Å². The van der Waals surface area contributed by atoms with Crippen LogP contribution >= 0.6 is 23.2 Å². The molecule has 1 aliphatic heterocycles. The number of rotatable bonds is 1. The Morgan fingerprint density at radius 3 is 2.61 bits per heavy atom. The van der Waals surface area contributed by atoms with Crippen molar-refractivity contribution in [3.8, 4) is 0 Å². The first-order valence-corrected chi connectivity index (χ1v) is 6.32. The van der Waals surface area contributed by atoms with E-state index in [0.717, 1.165) is 18.9 Å². The number of ether oxygens (including phenoxy) is 1. The Bertz CT molecular complexity index is 587. The maximum atomic E-state index is 5.94. The SMILES string of the molecule is Clc1ccc2nc(Cl)nc(N3CCOCC3)c2n1. The van der Waals surface area contributed by atoms with E-state index in [-0.39, 0.29) is 5.28 Å². The van der Waals surface area contributed by atoms with Crippen LogP contribution in [0.1, 0.15) is 0 Å². The molecule has 0 radical (unpaired) electrons. The highest BCUT2D eigenvalue weighted by molar-refractivity contribution is 6.30. The number of aromatic nitrogens is 3. The first kappa shape index (κ1) is 11.9. The van der Waals surface area contributed by atoms with Crippen molar-refractivity contribution >= 4 is 40.1 Å². The molecule has 0 atom stereocenters. The number of hydrogen-bond acceptors (Lipinski definition) is 5. The van der Waals surface area contributed by atoms with Gasteiger partial charge in [0.15, 0.2) is 5.82 Å². The highest BCUT2D eigenvalue weighted by atomic mass is 35.5. The molecule has 0 saturated carbocycles. The van der Waals surface area contributed by atoms with Crippen molar-refractivity contribution in [1.29, 1.82) is 0 Å². The van der Waals surface area contributed by atoms with Crippen LogP contribution in [0.4, 0.5) is 5.82 Å². The molecule has 3 rings (SSSR count). The normalized spacial score (nSPS) is 16.2. The van der Waals surface area contributed by atoms with Crippen LogP contribution in [-0.2, 0) is 4.74 Å². The summed E-state index contributed by atoms with van der Waals surface area (Å²) in [6, 6.07) is 3.48. The monoisotopic (exact) mass is 284 g/mol. The van der Waals surface area contributed by atoms with Gasteiger partial charge in [-0.2, -0.15) is 4.98 Å². The Morgan fingerprint density at radius 1 is 1.06 bits per heavy atom. The Labute approximate surface area is 114 Å². The second-order valence-electron chi connectivity index (χ2n) is 3.92. The Balaban J connectivity index is 2.16. The van der Waals surface area contributed by atoms with Crippen LogP contribution < -0.4 is 4.90 Å². The zero-order valence-corrected chi connectivity index (χ0v) is 10.9. The van der Waals surface area contributed by atoms with Crippen molar-refractivity contribution in [3.05, 3.63) is 22.6 Å². The zero-order valence-electron chi connectivity index (χ0n) is 9.44. The van der Waals surface area contributed by atoms with E-state index in [1.165, 1.54) is 0 Å². The Morgan fingerprint density at radius 2 is 1.83 bits per heavy atom. The van der Waals surface area contributed by atoms with Gasteiger partial charge in [-0.25, -0.2) is 9.97 Å². The van der Waals surface area contributed by atoms with Crippen molar-refractivity contribution in [2.24, 2.45) is 0 Å².